The van der Waals surface area contributed by atoms with E-state index in [9.17, 15) is 5.11 Å². The lowest BCUT2D eigenvalue weighted by molar-refractivity contribution is 0.175. The molecular formula is C21H39IN4OS. The van der Waals surface area contributed by atoms with Crippen molar-refractivity contribution in [3.63, 3.8) is 0 Å². The van der Waals surface area contributed by atoms with Crippen LogP contribution in [0.2, 0.25) is 0 Å². The van der Waals surface area contributed by atoms with Gasteiger partial charge < -0.3 is 15.7 Å². The molecule has 0 saturated heterocycles. The Morgan fingerprint density at radius 1 is 1.18 bits per heavy atom. The maximum Gasteiger partial charge on any atom is 0.191 e. The third-order valence-electron chi connectivity index (χ3n) is 5.81. The minimum atomic E-state index is 0. The zero-order chi connectivity index (χ0) is 19.5. The molecule has 0 unspecified atom stereocenters. The summed E-state index contributed by atoms with van der Waals surface area (Å²) in [6, 6.07) is 0. The SMILES string of the molecule is CCNC(=NCC(CC)(CC)CCO)NCCCc1nc2c(s1)CCCC2.I. The van der Waals surface area contributed by atoms with Gasteiger partial charge in [0, 0.05) is 37.5 Å². The number of aliphatic hydroxyl groups is 1. The van der Waals surface area contributed by atoms with E-state index in [0.29, 0.717) is 0 Å². The normalized spacial score (nSPS) is 14.4. The fourth-order valence-corrected chi connectivity index (χ4v) is 4.89. The van der Waals surface area contributed by atoms with Crippen molar-refractivity contribution in [3.8, 4) is 0 Å². The molecule has 1 heterocycles. The van der Waals surface area contributed by atoms with Crippen LogP contribution in [0, 0.1) is 5.41 Å². The molecule has 0 aliphatic heterocycles. The summed E-state index contributed by atoms with van der Waals surface area (Å²) >= 11 is 1.92. The van der Waals surface area contributed by atoms with E-state index in [2.05, 4.69) is 31.4 Å². The standard InChI is InChI=1S/C21H38N4OS.HI/c1-4-21(5-2,13-15-26)16-24-20(22-6-3)23-14-9-12-19-25-17-10-7-8-11-18(17)27-19;/h26H,4-16H2,1-3H3,(H2,22,23,24);1H. The van der Waals surface area contributed by atoms with Gasteiger partial charge in [0.1, 0.15) is 0 Å². The number of thiazole rings is 1. The summed E-state index contributed by atoms with van der Waals surface area (Å²) in [5.41, 5.74) is 1.47. The molecule has 3 N–H and O–H groups in total. The molecule has 0 amide bonds. The maximum absolute atomic E-state index is 9.39. The second-order valence-electron chi connectivity index (χ2n) is 7.59. The van der Waals surface area contributed by atoms with Crippen molar-refractivity contribution in [3.05, 3.63) is 15.6 Å². The van der Waals surface area contributed by atoms with E-state index in [1.54, 1.807) is 0 Å². The van der Waals surface area contributed by atoms with E-state index in [4.69, 9.17) is 9.98 Å². The van der Waals surface area contributed by atoms with Crippen LogP contribution in [0.15, 0.2) is 4.99 Å². The van der Waals surface area contributed by atoms with E-state index in [1.807, 2.05) is 11.3 Å². The quantitative estimate of drug-likeness (QED) is 0.175. The number of aryl methyl sites for hydroxylation is 3. The Bertz CT molecular complexity index is 563. The Morgan fingerprint density at radius 3 is 2.57 bits per heavy atom. The molecule has 7 heteroatoms. The summed E-state index contributed by atoms with van der Waals surface area (Å²) in [5, 5.41) is 17.5. The first-order chi connectivity index (χ1) is 13.2. The highest BCUT2D eigenvalue weighted by Crippen LogP contribution is 2.30. The molecule has 0 spiro atoms. The molecule has 2 rings (SSSR count). The highest BCUT2D eigenvalue weighted by atomic mass is 127. The molecule has 1 aromatic heterocycles. The summed E-state index contributed by atoms with van der Waals surface area (Å²) in [5.74, 6) is 0.889. The third kappa shape index (κ3) is 7.78. The Kier molecular flexibility index (Phi) is 12.6. The van der Waals surface area contributed by atoms with Crippen LogP contribution in [-0.2, 0) is 19.3 Å². The summed E-state index contributed by atoms with van der Waals surface area (Å²) < 4.78 is 0. The van der Waals surface area contributed by atoms with E-state index >= 15 is 0 Å². The average Bonchev–Trinajstić information content (AvgIpc) is 3.11. The number of fused-ring (bicyclic) bond motifs is 1. The van der Waals surface area contributed by atoms with Gasteiger partial charge in [0.15, 0.2) is 5.96 Å². The maximum atomic E-state index is 9.39. The molecule has 1 aromatic rings. The van der Waals surface area contributed by atoms with Gasteiger partial charge in [-0.25, -0.2) is 4.98 Å². The van der Waals surface area contributed by atoms with E-state index in [1.165, 1.54) is 41.3 Å². The van der Waals surface area contributed by atoms with Crippen LogP contribution in [-0.4, -0.2) is 42.3 Å². The summed E-state index contributed by atoms with van der Waals surface area (Å²) in [6.45, 7) is 9.24. The van der Waals surface area contributed by atoms with Crippen molar-refractivity contribution in [1.82, 2.24) is 15.6 Å². The molecule has 1 aliphatic carbocycles. The predicted octanol–water partition coefficient (Wildman–Crippen LogP) is 4.32. The van der Waals surface area contributed by atoms with Gasteiger partial charge in [-0.3, -0.25) is 4.99 Å². The Morgan fingerprint density at radius 2 is 1.93 bits per heavy atom. The smallest absolute Gasteiger partial charge is 0.191 e. The van der Waals surface area contributed by atoms with Crippen molar-refractivity contribution in [2.24, 2.45) is 10.4 Å². The van der Waals surface area contributed by atoms with Crippen LogP contribution in [0.1, 0.15) is 74.9 Å². The Balaban J connectivity index is 0.00000392. The molecule has 0 atom stereocenters. The number of rotatable bonds is 11. The summed E-state index contributed by atoms with van der Waals surface area (Å²) in [4.78, 5) is 11.2. The molecule has 28 heavy (non-hydrogen) atoms. The van der Waals surface area contributed by atoms with Crippen LogP contribution in [0.25, 0.3) is 0 Å². The number of halogens is 1. The van der Waals surface area contributed by atoms with Crippen molar-refractivity contribution >= 4 is 41.3 Å². The number of aliphatic hydroxyl groups excluding tert-OH is 1. The first-order valence-electron chi connectivity index (χ1n) is 10.8. The number of aliphatic imine (C=N–C) groups is 1. The van der Waals surface area contributed by atoms with Gasteiger partial charge in [-0.05, 0) is 63.7 Å². The molecule has 162 valence electrons. The number of nitrogens with zero attached hydrogens (tertiary/aromatic N) is 2. The summed E-state index contributed by atoms with van der Waals surface area (Å²) in [7, 11) is 0. The third-order valence-corrected chi connectivity index (χ3v) is 7.03. The van der Waals surface area contributed by atoms with Gasteiger partial charge in [0.2, 0.25) is 0 Å². The molecule has 0 bridgehead atoms. The van der Waals surface area contributed by atoms with E-state index in [-0.39, 0.29) is 36.0 Å². The lowest BCUT2D eigenvalue weighted by Crippen LogP contribution is -2.39. The van der Waals surface area contributed by atoms with Gasteiger partial charge in [-0.1, -0.05) is 13.8 Å². The monoisotopic (exact) mass is 522 g/mol. The number of guanidine groups is 1. The zero-order valence-corrected chi connectivity index (χ0v) is 21.0. The molecule has 0 saturated carbocycles. The number of hydrogen-bond acceptors (Lipinski definition) is 4. The van der Waals surface area contributed by atoms with Gasteiger partial charge in [0.25, 0.3) is 0 Å². The summed E-state index contributed by atoms with van der Waals surface area (Å²) in [6.07, 6.45) is 10.0. The van der Waals surface area contributed by atoms with Crippen LogP contribution < -0.4 is 10.6 Å². The zero-order valence-electron chi connectivity index (χ0n) is 17.9. The first-order valence-corrected chi connectivity index (χ1v) is 11.6. The van der Waals surface area contributed by atoms with Crippen molar-refractivity contribution in [2.45, 2.75) is 78.6 Å². The lowest BCUT2D eigenvalue weighted by atomic mass is 9.79. The predicted molar refractivity (Wildman–Crippen MR) is 131 cm³/mol. The Hall–Kier alpha value is -0.410. The van der Waals surface area contributed by atoms with E-state index < -0.39 is 0 Å². The largest absolute Gasteiger partial charge is 0.396 e. The fourth-order valence-electron chi connectivity index (χ4n) is 3.69. The van der Waals surface area contributed by atoms with Crippen LogP contribution in [0.5, 0.6) is 0 Å². The van der Waals surface area contributed by atoms with Crippen molar-refractivity contribution < 1.29 is 5.11 Å². The Labute approximate surface area is 192 Å². The molecule has 0 aromatic carbocycles. The number of hydrogen-bond donors (Lipinski definition) is 3. The number of aromatic nitrogens is 1. The van der Waals surface area contributed by atoms with Crippen molar-refractivity contribution in [2.75, 3.05) is 26.2 Å². The van der Waals surface area contributed by atoms with Crippen LogP contribution in [0.3, 0.4) is 0 Å². The second-order valence-corrected chi connectivity index (χ2v) is 8.76. The fraction of sp³-hybridized carbons (Fsp3) is 0.810. The highest BCUT2D eigenvalue weighted by molar-refractivity contribution is 14.0. The van der Waals surface area contributed by atoms with Crippen LogP contribution in [0.4, 0.5) is 0 Å². The first kappa shape index (κ1) is 25.6. The molecule has 0 fully saturated rings. The van der Waals surface area contributed by atoms with Gasteiger partial charge in [0.05, 0.1) is 10.7 Å². The van der Waals surface area contributed by atoms with Gasteiger partial charge in [-0.2, -0.15) is 0 Å². The van der Waals surface area contributed by atoms with Crippen LogP contribution >= 0.6 is 35.3 Å². The lowest BCUT2D eigenvalue weighted by Gasteiger charge is -2.29. The van der Waals surface area contributed by atoms with Gasteiger partial charge in [-0.15, -0.1) is 35.3 Å². The molecule has 5 nitrogen and oxygen atoms in total. The topological polar surface area (TPSA) is 69.5 Å². The second kappa shape index (κ2) is 13.7. The van der Waals surface area contributed by atoms with Crippen molar-refractivity contribution in [1.29, 1.82) is 0 Å². The average molecular weight is 523 g/mol. The molecule has 0 radical (unpaired) electrons. The highest BCUT2D eigenvalue weighted by Gasteiger charge is 2.25. The number of nitrogens with one attached hydrogen (secondary N) is 2. The molecular weight excluding hydrogens is 483 g/mol. The van der Waals surface area contributed by atoms with Gasteiger partial charge >= 0.3 is 0 Å². The molecule has 1 aliphatic rings. The minimum Gasteiger partial charge on any atom is -0.396 e. The van der Waals surface area contributed by atoms with E-state index in [0.717, 1.165) is 57.7 Å². The minimum absolute atomic E-state index is 0.